The minimum Gasteiger partial charge on any atom is -0.497 e. The number of methoxy groups -OCH3 is 2. The van der Waals surface area contributed by atoms with Gasteiger partial charge in [-0.25, -0.2) is 0 Å². The van der Waals surface area contributed by atoms with E-state index < -0.39 is 5.91 Å². The molecule has 0 saturated heterocycles. The molecule has 0 aliphatic rings. The predicted molar refractivity (Wildman–Crippen MR) is 108 cm³/mol. The van der Waals surface area contributed by atoms with E-state index >= 15 is 0 Å². The topological polar surface area (TPSA) is 126 Å². The van der Waals surface area contributed by atoms with E-state index in [1.807, 2.05) is 12.1 Å². The zero-order chi connectivity index (χ0) is 20.0. The molecule has 0 radical (unpaired) electrons. The molecule has 0 aromatic heterocycles. The molecule has 0 spiro atoms. The fraction of sp³-hybridized carbons (Fsp3) is 0.150. The summed E-state index contributed by atoms with van der Waals surface area (Å²) in [4.78, 5) is 12.1. The lowest BCUT2D eigenvalue weighted by atomic mass is 9.97. The van der Waals surface area contributed by atoms with Gasteiger partial charge in [-0.1, -0.05) is 24.3 Å². The van der Waals surface area contributed by atoms with E-state index in [1.165, 1.54) is 0 Å². The molecule has 27 heavy (non-hydrogen) atoms. The molecule has 0 unspecified atom stereocenters. The van der Waals surface area contributed by atoms with Crippen molar-refractivity contribution in [2.45, 2.75) is 0 Å². The number of anilines is 1. The standard InChI is InChI=1S/C20H24N4O3/c1-4-10-24-20(25)19(23)18(22)14-7-5-6-13(17(14)21)15-11-12(26-2)8-9-16(15)27-3/h4-9,11H,1,10,21-23H2,2-3H3,(H,24,25)/b19-18+. The first-order valence-corrected chi connectivity index (χ1v) is 8.20. The van der Waals surface area contributed by atoms with E-state index in [2.05, 4.69) is 11.9 Å². The van der Waals surface area contributed by atoms with Gasteiger partial charge in [-0.2, -0.15) is 0 Å². The summed E-state index contributed by atoms with van der Waals surface area (Å²) in [6.45, 7) is 3.82. The lowest BCUT2D eigenvalue weighted by molar-refractivity contribution is -0.117. The molecule has 7 nitrogen and oxygen atoms in total. The van der Waals surface area contributed by atoms with Crippen LogP contribution >= 0.6 is 0 Å². The van der Waals surface area contributed by atoms with Crippen LogP contribution in [-0.2, 0) is 4.79 Å². The molecule has 0 aliphatic heterocycles. The van der Waals surface area contributed by atoms with Crippen molar-refractivity contribution in [3.05, 3.63) is 60.3 Å². The number of hydrogen-bond donors (Lipinski definition) is 4. The molecule has 0 saturated carbocycles. The Balaban J connectivity index is 2.56. The monoisotopic (exact) mass is 368 g/mol. The van der Waals surface area contributed by atoms with E-state index in [1.54, 1.807) is 44.6 Å². The van der Waals surface area contributed by atoms with Gasteiger partial charge in [-0.05, 0) is 18.2 Å². The number of benzene rings is 2. The van der Waals surface area contributed by atoms with Gasteiger partial charge in [0.25, 0.3) is 5.91 Å². The minimum atomic E-state index is -0.490. The van der Waals surface area contributed by atoms with Crippen LogP contribution < -0.4 is 32.0 Å². The van der Waals surface area contributed by atoms with Gasteiger partial charge >= 0.3 is 0 Å². The molecule has 0 aliphatic carbocycles. The number of nitrogens with one attached hydrogen (secondary N) is 1. The first kappa shape index (κ1) is 19.7. The number of nitrogen functional groups attached to an aromatic ring is 1. The Bertz CT molecular complexity index is 891. The highest BCUT2D eigenvalue weighted by atomic mass is 16.5. The van der Waals surface area contributed by atoms with Crippen LogP contribution in [0.5, 0.6) is 11.5 Å². The molecule has 7 heteroatoms. The van der Waals surface area contributed by atoms with Crippen LogP contribution in [0, 0.1) is 0 Å². The van der Waals surface area contributed by atoms with Gasteiger partial charge < -0.3 is 32.0 Å². The van der Waals surface area contributed by atoms with Crippen LogP contribution in [0.4, 0.5) is 5.69 Å². The van der Waals surface area contributed by atoms with Crippen LogP contribution in [0.2, 0.25) is 0 Å². The van der Waals surface area contributed by atoms with Crippen molar-refractivity contribution in [2.75, 3.05) is 26.5 Å². The van der Waals surface area contributed by atoms with Crippen molar-refractivity contribution in [1.82, 2.24) is 5.32 Å². The second-order valence-corrected chi connectivity index (χ2v) is 5.66. The first-order valence-electron chi connectivity index (χ1n) is 8.20. The Morgan fingerprint density at radius 2 is 1.89 bits per heavy atom. The number of carbonyl (C=O) groups is 1. The zero-order valence-electron chi connectivity index (χ0n) is 15.4. The predicted octanol–water partition coefficient (Wildman–Crippen LogP) is 1.84. The average Bonchev–Trinajstić information content (AvgIpc) is 2.70. The summed E-state index contributed by atoms with van der Waals surface area (Å²) in [6, 6.07) is 10.7. The third-order valence-corrected chi connectivity index (χ3v) is 4.03. The summed E-state index contributed by atoms with van der Waals surface area (Å²) in [5.74, 6) is 0.789. The molecule has 2 aromatic carbocycles. The van der Waals surface area contributed by atoms with Gasteiger partial charge in [0.2, 0.25) is 0 Å². The molecule has 7 N–H and O–H groups in total. The lowest BCUT2D eigenvalue weighted by Crippen LogP contribution is -2.30. The Kier molecular flexibility index (Phi) is 6.32. The summed E-state index contributed by atoms with van der Waals surface area (Å²) >= 11 is 0. The van der Waals surface area contributed by atoms with Gasteiger partial charge in [-0.3, -0.25) is 4.79 Å². The van der Waals surface area contributed by atoms with Gasteiger partial charge in [0.15, 0.2) is 0 Å². The van der Waals surface area contributed by atoms with Crippen molar-refractivity contribution < 1.29 is 14.3 Å². The number of ether oxygens (including phenoxy) is 2. The highest BCUT2D eigenvalue weighted by Gasteiger charge is 2.17. The molecule has 0 bridgehead atoms. The van der Waals surface area contributed by atoms with E-state index in [4.69, 9.17) is 26.7 Å². The molecule has 2 rings (SSSR count). The van der Waals surface area contributed by atoms with Crippen molar-refractivity contribution in [3.8, 4) is 22.6 Å². The molecule has 2 aromatic rings. The molecule has 0 heterocycles. The maximum Gasteiger partial charge on any atom is 0.269 e. The molecular weight excluding hydrogens is 344 g/mol. The van der Waals surface area contributed by atoms with E-state index in [0.29, 0.717) is 28.3 Å². The Morgan fingerprint density at radius 1 is 1.15 bits per heavy atom. The molecule has 142 valence electrons. The second kappa shape index (κ2) is 8.66. The second-order valence-electron chi connectivity index (χ2n) is 5.66. The Morgan fingerprint density at radius 3 is 2.52 bits per heavy atom. The lowest BCUT2D eigenvalue weighted by Gasteiger charge is -2.16. The summed E-state index contributed by atoms with van der Waals surface area (Å²) in [6.07, 6.45) is 1.55. The van der Waals surface area contributed by atoms with E-state index in [0.717, 1.165) is 5.56 Å². The van der Waals surface area contributed by atoms with Crippen LogP contribution in [0.25, 0.3) is 16.8 Å². The maximum atomic E-state index is 12.1. The van der Waals surface area contributed by atoms with Crippen molar-refractivity contribution in [1.29, 1.82) is 0 Å². The van der Waals surface area contributed by atoms with Crippen molar-refractivity contribution in [3.63, 3.8) is 0 Å². The van der Waals surface area contributed by atoms with E-state index in [-0.39, 0.29) is 17.9 Å². The van der Waals surface area contributed by atoms with Crippen LogP contribution in [-0.4, -0.2) is 26.7 Å². The zero-order valence-corrected chi connectivity index (χ0v) is 15.4. The van der Waals surface area contributed by atoms with E-state index in [9.17, 15) is 4.79 Å². The number of amides is 1. The number of carbonyl (C=O) groups excluding carboxylic acids is 1. The maximum absolute atomic E-state index is 12.1. The van der Waals surface area contributed by atoms with Gasteiger partial charge in [0.05, 0.1) is 19.9 Å². The van der Waals surface area contributed by atoms with Crippen molar-refractivity contribution >= 4 is 17.3 Å². The van der Waals surface area contributed by atoms with Crippen LogP contribution in [0.3, 0.4) is 0 Å². The summed E-state index contributed by atoms with van der Waals surface area (Å²) < 4.78 is 10.7. The highest BCUT2D eigenvalue weighted by molar-refractivity contribution is 6.02. The number of rotatable bonds is 7. The molecule has 0 fully saturated rings. The first-order chi connectivity index (χ1) is 12.9. The molecule has 0 atom stereocenters. The summed E-state index contributed by atoms with van der Waals surface area (Å²) in [7, 11) is 3.15. The fourth-order valence-corrected chi connectivity index (χ4v) is 2.59. The average molecular weight is 368 g/mol. The Labute approximate surface area is 158 Å². The van der Waals surface area contributed by atoms with Crippen molar-refractivity contribution in [2.24, 2.45) is 11.5 Å². The largest absolute Gasteiger partial charge is 0.497 e. The number of hydrogen-bond acceptors (Lipinski definition) is 6. The summed E-state index contributed by atoms with van der Waals surface area (Å²) in [5, 5.41) is 2.58. The minimum absolute atomic E-state index is 0.0952. The fourth-order valence-electron chi connectivity index (χ4n) is 2.59. The van der Waals surface area contributed by atoms with Gasteiger partial charge in [0, 0.05) is 28.9 Å². The SMILES string of the molecule is C=CCNC(=O)/C(N)=C(\N)c1cccc(-c2cc(OC)ccc2OC)c1N. The quantitative estimate of drug-likeness (QED) is 0.336. The Hall–Kier alpha value is -3.61. The third kappa shape index (κ3) is 4.14. The molecule has 1 amide bonds. The van der Waals surface area contributed by atoms with Gasteiger partial charge in [0.1, 0.15) is 17.2 Å². The van der Waals surface area contributed by atoms with Crippen LogP contribution in [0.15, 0.2) is 54.8 Å². The third-order valence-electron chi connectivity index (χ3n) is 4.03. The summed E-state index contributed by atoms with van der Waals surface area (Å²) in [5.41, 5.74) is 20.6. The number of para-hydroxylation sites is 1. The van der Waals surface area contributed by atoms with Gasteiger partial charge in [-0.15, -0.1) is 6.58 Å². The normalized spacial score (nSPS) is 11.3. The number of nitrogens with two attached hydrogens (primary N) is 3. The molecular formula is C20H24N4O3. The van der Waals surface area contributed by atoms with Crippen LogP contribution in [0.1, 0.15) is 5.56 Å². The smallest absolute Gasteiger partial charge is 0.269 e. The highest BCUT2D eigenvalue weighted by Crippen LogP contribution is 2.38.